The molecule has 32 heavy (non-hydrogen) atoms. The molecular formula is C24H27N3O3S2. The molecule has 0 fully saturated rings. The quantitative estimate of drug-likeness (QED) is 0.489. The molecule has 1 heterocycles. The summed E-state index contributed by atoms with van der Waals surface area (Å²) in [6, 6.07) is 10.0. The lowest BCUT2D eigenvalue weighted by molar-refractivity contribution is 0.0998. The molecule has 0 radical (unpaired) electrons. The Hall–Kier alpha value is -2.73. The van der Waals surface area contributed by atoms with Crippen LogP contribution < -0.4 is 4.80 Å². The number of fused-ring (bicyclic) bond motifs is 1. The first-order chi connectivity index (χ1) is 15.2. The molecule has 0 atom stereocenters. The van der Waals surface area contributed by atoms with Crippen molar-refractivity contribution in [2.75, 3.05) is 13.6 Å². The van der Waals surface area contributed by atoms with Crippen LogP contribution in [0.5, 0.6) is 0 Å². The van der Waals surface area contributed by atoms with Crippen molar-refractivity contribution in [3.63, 3.8) is 0 Å². The van der Waals surface area contributed by atoms with E-state index in [4.69, 9.17) is 6.42 Å². The molecule has 168 valence electrons. The van der Waals surface area contributed by atoms with E-state index in [-0.39, 0.29) is 4.90 Å². The Morgan fingerprint density at radius 3 is 2.53 bits per heavy atom. The van der Waals surface area contributed by atoms with Crippen molar-refractivity contribution in [3.05, 3.63) is 57.9 Å². The van der Waals surface area contributed by atoms with Gasteiger partial charge in [0.1, 0.15) is 0 Å². The minimum absolute atomic E-state index is 0.156. The first-order valence-corrected chi connectivity index (χ1v) is 12.6. The van der Waals surface area contributed by atoms with Gasteiger partial charge in [0.25, 0.3) is 5.91 Å². The second-order valence-electron chi connectivity index (χ2n) is 7.72. The highest BCUT2D eigenvalue weighted by molar-refractivity contribution is 7.89. The molecule has 0 aliphatic heterocycles. The fourth-order valence-corrected chi connectivity index (χ4v) is 5.93. The number of aryl methyl sites for hydroxylation is 2. The SMILES string of the molecule is C#CCn1c(=NC(=O)c2ccc(S(=O)(=O)N(C)CCCC)cc2)sc2cc(C)cc(C)c21. The number of aromatic nitrogens is 1. The number of thiazole rings is 1. The van der Waals surface area contributed by atoms with Gasteiger partial charge in [0.15, 0.2) is 4.80 Å². The van der Waals surface area contributed by atoms with Gasteiger partial charge in [0, 0.05) is 19.2 Å². The van der Waals surface area contributed by atoms with E-state index in [0.717, 1.165) is 34.2 Å². The van der Waals surface area contributed by atoms with Crippen molar-refractivity contribution in [2.24, 2.45) is 4.99 Å². The van der Waals surface area contributed by atoms with Crippen LogP contribution in [0.15, 0.2) is 46.3 Å². The van der Waals surface area contributed by atoms with Crippen molar-refractivity contribution in [1.82, 2.24) is 8.87 Å². The number of unbranched alkanes of at least 4 members (excludes halogenated alkanes) is 1. The molecule has 0 aliphatic carbocycles. The molecule has 3 aromatic rings. The van der Waals surface area contributed by atoms with Crippen LogP contribution in [0.3, 0.4) is 0 Å². The van der Waals surface area contributed by atoms with Gasteiger partial charge in [-0.15, -0.1) is 6.42 Å². The standard InChI is InChI=1S/C24H27N3O3S2/c1-6-8-14-26(5)32(29,30)20-11-9-19(10-12-20)23(28)25-24-27(13-7-2)22-18(4)15-17(3)16-21(22)31-24/h2,9-12,15-16H,6,8,13-14H2,1,3-5H3. The van der Waals surface area contributed by atoms with Gasteiger partial charge in [0.2, 0.25) is 10.0 Å². The zero-order valence-corrected chi connectivity index (χ0v) is 20.4. The summed E-state index contributed by atoms with van der Waals surface area (Å²) in [5, 5.41) is 0. The van der Waals surface area contributed by atoms with E-state index < -0.39 is 15.9 Å². The largest absolute Gasteiger partial charge is 0.304 e. The second-order valence-corrected chi connectivity index (χ2v) is 10.8. The molecule has 0 saturated carbocycles. The summed E-state index contributed by atoms with van der Waals surface area (Å²) in [6.07, 6.45) is 7.26. The molecule has 3 rings (SSSR count). The van der Waals surface area contributed by atoms with Crippen LogP contribution in [0.25, 0.3) is 10.2 Å². The minimum Gasteiger partial charge on any atom is -0.304 e. The molecule has 2 aromatic carbocycles. The highest BCUT2D eigenvalue weighted by atomic mass is 32.2. The molecule has 0 saturated heterocycles. The van der Waals surface area contributed by atoms with Gasteiger partial charge in [-0.2, -0.15) is 4.99 Å². The molecule has 0 N–H and O–H groups in total. The van der Waals surface area contributed by atoms with E-state index in [9.17, 15) is 13.2 Å². The molecule has 1 aromatic heterocycles. The fourth-order valence-electron chi connectivity index (χ4n) is 3.52. The van der Waals surface area contributed by atoms with Crippen molar-refractivity contribution in [1.29, 1.82) is 0 Å². The molecule has 0 bridgehead atoms. The summed E-state index contributed by atoms with van der Waals surface area (Å²) in [4.78, 5) is 17.8. The lowest BCUT2D eigenvalue weighted by atomic mass is 10.1. The first kappa shape index (κ1) is 23.9. The van der Waals surface area contributed by atoms with Crippen LogP contribution in [0, 0.1) is 26.2 Å². The van der Waals surface area contributed by atoms with Crippen molar-refractivity contribution in [2.45, 2.75) is 45.1 Å². The van der Waals surface area contributed by atoms with E-state index >= 15 is 0 Å². The number of hydrogen-bond donors (Lipinski definition) is 0. The average Bonchev–Trinajstić information content (AvgIpc) is 3.09. The van der Waals surface area contributed by atoms with Gasteiger partial charge < -0.3 is 4.57 Å². The van der Waals surface area contributed by atoms with Crippen molar-refractivity contribution < 1.29 is 13.2 Å². The summed E-state index contributed by atoms with van der Waals surface area (Å²) in [6.45, 7) is 6.80. The summed E-state index contributed by atoms with van der Waals surface area (Å²) in [5.74, 6) is 2.19. The van der Waals surface area contributed by atoms with Crippen LogP contribution in [-0.4, -0.2) is 36.8 Å². The third-order valence-corrected chi connectivity index (χ3v) is 8.09. The number of hydrogen-bond acceptors (Lipinski definition) is 4. The summed E-state index contributed by atoms with van der Waals surface area (Å²) >= 11 is 1.41. The topological polar surface area (TPSA) is 71.7 Å². The zero-order chi connectivity index (χ0) is 23.5. The molecule has 0 aliphatic rings. The number of amides is 1. The van der Waals surface area contributed by atoms with Crippen LogP contribution in [0.4, 0.5) is 0 Å². The van der Waals surface area contributed by atoms with E-state index in [2.05, 4.69) is 23.0 Å². The zero-order valence-electron chi connectivity index (χ0n) is 18.8. The van der Waals surface area contributed by atoms with E-state index in [1.807, 2.05) is 25.3 Å². The Bertz CT molecular complexity index is 1360. The van der Waals surface area contributed by atoms with Crippen LogP contribution in [0.2, 0.25) is 0 Å². The lowest BCUT2D eigenvalue weighted by Gasteiger charge is -2.16. The average molecular weight is 470 g/mol. The summed E-state index contributed by atoms with van der Waals surface area (Å²) in [5.41, 5.74) is 3.49. The number of benzene rings is 2. The Morgan fingerprint density at radius 2 is 1.91 bits per heavy atom. The van der Waals surface area contributed by atoms with Gasteiger partial charge in [0.05, 0.1) is 21.7 Å². The summed E-state index contributed by atoms with van der Waals surface area (Å²) in [7, 11) is -2.02. The van der Waals surface area contributed by atoms with Crippen molar-refractivity contribution >= 4 is 37.5 Å². The Morgan fingerprint density at radius 1 is 1.22 bits per heavy atom. The van der Waals surface area contributed by atoms with Gasteiger partial charge in [-0.25, -0.2) is 12.7 Å². The van der Waals surface area contributed by atoms with Gasteiger partial charge in [-0.3, -0.25) is 4.79 Å². The Kier molecular flexibility index (Phi) is 7.34. The monoisotopic (exact) mass is 469 g/mol. The lowest BCUT2D eigenvalue weighted by Crippen LogP contribution is -2.27. The second kappa shape index (κ2) is 9.82. The van der Waals surface area contributed by atoms with Gasteiger partial charge >= 0.3 is 0 Å². The van der Waals surface area contributed by atoms with Gasteiger partial charge in [-0.1, -0.05) is 36.7 Å². The molecular weight excluding hydrogens is 442 g/mol. The van der Waals surface area contributed by atoms with Crippen LogP contribution in [-0.2, 0) is 16.6 Å². The molecule has 0 spiro atoms. The first-order valence-electron chi connectivity index (χ1n) is 10.4. The maximum atomic E-state index is 12.9. The number of terminal acetylenes is 1. The maximum absolute atomic E-state index is 12.9. The maximum Gasteiger partial charge on any atom is 0.279 e. The predicted octanol–water partition coefficient (Wildman–Crippen LogP) is 4.11. The number of sulfonamides is 1. The third-order valence-electron chi connectivity index (χ3n) is 5.19. The van der Waals surface area contributed by atoms with E-state index in [1.165, 1.54) is 39.9 Å². The summed E-state index contributed by atoms with van der Waals surface area (Å²) < 4.78 is 29.6. The number of carbonyl (C=O) groups excluding carboxylic acids is 1. The highest BCUT2D eigenvalue weighted by Crippen LogP contribution is 2.23. The number of rotatable bonds is 7. The molecule has 1 amide bonds. The normalized spacial score (nSPS) is 12.4. The third kappa shape index (κ3) is 4.85. The number of carbonyl (C=O) groups is 1. The van der Waals surface area contributed by atoms with Crippen molar-refractivity contribution in [3.8, 4) is 12.3 Å². The van der Waals surface area contributed by atoms with Gasteiger partial charge in [-0.05, 0) is 61.7 Å². The molecule has 0 unspecified atom stereocenters. The van der Waals surface area contributed by atoms with E-state index in [1.54, 1.807) is 7.05 Å². The molecule has 8 heteroatoms. The Balaban J connectivity index is 1.97. The van der Waals surface area contributed by atoms with Crippen LogP contribution in [0.1, 0.15) is 41.3 Å². The minimum atomic E-state index is -3.59. The smallest absolute Gasteiger partial charge is 0.279 e. The predicted molar refractivity (Wildman–Crippen MR) is 129 cm³/mol. The van der Waals surface area contributed by atoms with E-state index in [0.29, 0.717) is 23.5 Å². The highest BCUT2D eigenvalue weighted by Gasteiger charge is 2.20. The van der Waals surface area contributed by atoms with Crippen LogP contribution >= 0.6 is 11.3 Å². The fraction of sp³-hybridized carbons (Fsp3) is 0.333. The molecule has 6 nitrogen and oxygen atoms in total. The Labute approximate surface area is 193 Å². The number of nitrogens with zero attached hydrogens (tertiary/aromatic N) is 3.